The number of allylic oxidation sites excluding steroid dienone is 1. The van der Waals surface area contributed by atoms with Crippen molar-refractivity contribution in [2.75, 3.05) is 0 Å². The number of fused-ring (bicyclic) bond motifs is 1. The lowest BCUT2D eigenvalue weighted by molar-refractivity contribution is 0.101. The van der Waals surface area contributed by atoms with Crippen molar-refractivity contribution in [1.29, 1.82) is 0 Å². The second-order valence-corrected chi connectivity index (χ2v) is 5.17. The van der Waals surface area contributed by atoms with Crippen LogP contribution < -0.4 is 4.74 Å². The number of phenols is 1. The van der Waals surface area contributed by atoms with Gasteiger partial charge in [0.25, 0.3) is 0 Å². The molecular formula is C18H12N2O3. The maximum atomic E-state index is 12.3. The molecule has 1 aromatic heterocycles. The van der Waals surface area contributed by atoms with Gasteiger partial charge in [0.05, 0.1) is 17.4 Å². The third kappa shape index (κ3) is 2.38. The van der Waals surface area contributed by atoms with Gasteiger partial charge in [-0.2, -0.15) is 5.10 Å². The van der Waals surface area contributed by atoms with Gasteiger partial charge in [-0.1, -0.05) is 18.2 Å². The van der Waals surface area contributed by atoms with Crippen LogP contribution in [0.5, 0.6) is 11.5 Å². The Bertz CT molecular complexity index is 926. The SMILES string of the molecule is O=C1C(=Cc2cnn(-c3ccccc3)c2)Oc2cc(O)ccc21. The normalized spacial score (nSPS) is 14.8. The molecule has 5 nitrogen and oxygen atoms in total. The lowest BCUT2D eigenvalue weighted by atomic mass is 10.1. The molecule has 0 amide bonds. The first-order chi connectivity index (χ1) is 11.2. The highest BCUT2D eigenvalue weighted by Crippen LogP contribution is 2.34. The molecule has 23 heavy (non-hydrogen) atoms. The first-order valence-electron chi connectivity index (χ1n) is 7.08. The Kier molecular flexibility index (Phi) is 2.98. The van der Waals surface area contributed by atoms with E-state index < -0.39 is 0 Å². The zero-order valence-corrected chi connectivity index (χ0v) is 12.0. The number of carbonyl (C=O) groups is 1. The molecule has 0 bridgehead atoms. The predicted octanol–water partition coefficient (Wildman–Crippen LogP) is 3.19. The number of ketones is 1. The van der Waals surface area contributed by atoms with E-state index in [2.05, 4.69) is 5.10 Å². The van der Waals surface area contributed by atoms with Crippen molar-refractivity contribution < 1.29 is 14.6 Å². The Morgan fingerprint density at radius 3 is 2.78 bits per heavy atom. The number of Topliss-reactive ketones (excluding diaryl/α,β-unsaturated/α-hetero) is 1. The molecule has 0 atom stereocenters. The molecule has 2 aromatic carbocycles. The minimum Gasteiger partial charge on any atom is -0.508 e. The molecule has 0 saturated heterocycles. The number of benzene rings is 2. The zero-order valence-electron chi connectivity index (χ0n) is 12.0. The largest absolute Gasteiger partial charge is 0.508 e. The summed E-state index contributed by atoms with van der Waals surface area (Å²) in [6.07, 6.45) is 5.13. The van der Waals surface area contributed by atoms with E-state index in [9.17, 15) is 9.90 Å². The first-order valence-corrected chi connectivity index (χ1v) is 7.08. The number of phenolic OH excluding ortho intramolecular Hbond substituents is 1. The molecule has 0 saturated carbocycles. The van der Waals surface area contributed by atoms with Crippen LogP contribution in [0.25, 0.3) is 11.8 Å². The fraction of sp³-hybridized carbons (Fsp3) is 0. The molecule has 0 radical (unpaired) electrons. The summed E-state index contributed by atoms with van der Waals surface area (Å²) in [5, 5.41) is 13.7. The summed E-state index contributed by atoms with van der Waals surface area (Å²) < 4.78 is 7.26. The van der Waals surface area contributed by atoms with Crippen LogP contribution in [0.1, 0.15) is 15.9 Å². The number of carbonyl (C=O) groups excluding carboxylic acids is 1. The number of hydrogen-bond acceptors (Lipinski definition) is 4. The minimum atomic E-state index is -0.201. The summed E-state index contributed by atoms with van der Waals surface area (Å²) in [4.78, 5) is 12.3. The smallest absolute Gasteiger partial charge is 0.231 e. The van der Waals surface area contributed by atoms with Gasteiger partial charge in [0.2, 0.25) is 5.78 Å². The van der Waals surface area contributed by atoms with Crippen LogP contribution in [-0.4, -0.2) is 20.7 Å². The second kappa shape index (κ2) is 5.14. The Morgan fingerprint density at radius 1 is 1.13 bits per heavy atom. The van der Waals surface area contributed by atoms with Crippen molar-refractivity contribution in [1.82, 2.24) is 9.78 Å². The maximum Gasteiger partial charge on any atom is 0.231 e. The molecule has 1 N–H and O–H groups in total. The predicted molar refractivity (Wildman–Crippen MR) is 84.6 cm³/mol. The number of nitrogens with zero attached hydrogens (tertiary/aromatic N) is 2. The highest BCUT2D eigenvalue weighted by molar-refractivity contribution is 6.14. The van der Waals surface area contributed by atoms with Crippen molar-refractivity contribution >= 4 is 11.9 Å². The van der Waals surface area contributed by atoms with Gasteiger partial charge in [-0.3, -0.25) is 4.79 Å². The van der Waals surface area contributed by atoms with E-state index in [0.717, 1.165) is 11.3 Å². The van der Waals surface area contributed by atoms with E-state index in [4.69, 9.17) is 4.74 Å². The molecule has 1 aliphatic rings. The number of aromatic nitrogens is 2. The molecule has 0 aliphatic carbocycles. The van der Waals surface area contributed by atoms with E-state index in [1.165, 1.54) is 12.1 Å². The fourth-order valence-corrected chi connectivity index (χ4v) is 2.46. The van der Waals surface area contributed by atoms with E-state index >= 15 is 0 Å². The average Bonchev–Trinajstić information content (AvgIpc) is 3.14. The number of hydrogen-bond donors (Lipinski definition) is 1. The van der Waals surface area contributed by atoms with Gasteiger partial charge in [-0.15, -0.1) is 0 Å². The standard InChI is InChI=1S/C18H12N2O3/c21-14-6-7-15-16(9-14)23-17(18(15)22)8-12-10-19-20(11-12)13-4-2-1-3-5-13/h1-11,21H. The van der Waals surface area contributed by atoms with E-state index in [1.54, 1.807) is 23.0 Å². The molecule has 4 rings (SSSR count). The molecule has 112 valence electrons. The molecule has 1 aliphatic heterocycles. The van der Waals surface area contributed by atoms with Gasteiger partial charge in [-0.25, -0.2) is 4.68 Å². The molecular weight excluding hydrogens is 292 g/mol. The zero-order chi connectivity index (χ0) is 15.8. The number of ether oxygens (including phenoxy) is 1. The Morgan fingerprint density at radius 2 is 1.96 bits per heavy atom. The molecule has 5 heteroatoms. The van der Waals surface area contributed by atoms with Gasteiger partial charge in [0.1, 0.15) is 11.5 Å². The topological polar surface area (TPSA) is 64.4 Å². The van der Waals surface area contributed by atoms with Crippen LogP contribution in [0.3, 0.4) is 0 Å². The monoisotopic (exact) mass is 304 g/mol. The van der Waals surface area contributed by atoms with Gasteiger partial charge < -0.3 is 9.84 Å². The summed E-state index contributed by atoms with van der Waals surface area (Å²) in [7, 11) is 0. The summed E-state index contributed by atoms with van der Waals surface area (Å²) in [5.41, 5.74) is 2.14. The first kappa shape index (κ1) is 13.3. The van der Waals surface area contributed by atoms with Crippen molar-refractivity contribution in [3.05, 3.63) is 77.8 Å². The molecule has 2 heterocycles. The third-order valence-electron chi connectivity index (χ3n) is 3.57. The lowest BCUT2D eigenvalue weighted by Crippen LogP contribution is -1.97. The van der Waals surface area contributed by atoms with Crippen molar-refractivity contribution in [3.8, 4) is 17.2 Å². The van der Waals surface area contributed by atoms with Gasteiger partial charge in [0, 0.05) is 17.8 Å². The Hall–Kier alpha value is -3.34. The van der Waals surface area contributed by atoms with Gasteiger partial charge in [0.15, 0.2) is 5.76 Å². The summed E-state index contributed by atoms with van der Waals surface area (Å²) in [5.74, 6) is 0.456. The summed E-state index contributed by atoms with van der Waals surface area (Å²) >= 11 is 0. The van der Waals surface area contributed by atoms with Crippen LogP contribution >= 0.6 is 0 Å². The molecule has 0 unspecified atom stereocenters. The number of aromatic hydroxyl groups is 1. The fourth-order valence-electron chi connectivity index (χ4n) is 2.46. The Labute approximate surface area is 132 Å². The summed E-state index contributed by atoms with van der Waals surface area (Å²) in [6, 6.07) is 14.1. The molecule has 0 spiro atoms. The Balaban J connectivity index is 1.65. The van der Waals surface area contributed by atoms with Crippen LogP contribution in [0.4, 0.5) is 0 Å². The van der Waals surface area contributed by atoms with Crippen molar-refractivity contribution in [2.24, 2.45) is 0 Å². The highest BCUT2D eigenvalue weighted by atomic mass is 16.5. The van der Waals surface area contributed by atoms with Crippen molar-refractivity contribution in [3.63, 3.8) is 0 Å². The third-order valence-corrected chi connectivity index (χ3v) is 3.57. The van der Waals surface area contributed by atoms with E-state index in [0.29, 0.717) is 11.3 Å². The van der Waals surface area contributed by atoms with E-state index in [-0.39, 0.29) is 17.3 Å². The van der Waals surface area contributed by atoms with Crippen molar-refractivity contribution in [2.45, 2.75) is 0 Å². The van der Waals surface area contributed by atoms with E-state index in [1.807, 2.05) is 36.5 Å². The van der Waals surface area contributed by atoms with Crippen LogP contribution in [0.15, 0.2) is 66.7 Å². The second-order valence-electron chi connectivity index (χ2n) is 5.17. The van der Waals surface area contributed by atoms with Crippen LogP contribution in [0.2, 0.25) is 0 Å². The maximum absolute atomic E-state index is 12.3. The van der Waals surface area contributed by atoms with Gasteiger partial charge in [-0.05, 0) is 30.3 Å². The summed E-state index contributed by atoms with van der Waals surface area (Å²) in [6.45, 7) is 0. The number of rotatable bonds is 2. The number of para-hydroxylation sites is 1. The molecule has 3 aromatic rings. The van der Waals surface area contributed by atoms with Crippen LogP contribution in [-0.2, 0) is 0 Å². The van der Waals surface area contributed by atoms with Crippen LogP contribution in [0, 0.1) is 0 Å². The average molecular weight is 304 g/mol. The quantitative estimate of drug-likeness (QED) is 0.738. The highest BCUT2D eigenvalue weighted by Gasteiger charge is 2.27. The van der Waals surface area contributed by atoms with Gasteiger partial charge >= 0.3 is 0 Å². The lowest BCUT2D eigenvalue weighted by Gasteiger charge is -1.99. The molecule has 0 fully saturated rings. The minimum absolute atomic E-state index is 0.0645.